The van der Waals surface area contributed by atoms with Gasteiger partial charge < -0.3 is 5.32 Å². The number of nitrogens with zero attached hydrogens (tertiary/aromatic N) is 1. The van der Waals surface area contributed by atoms with E-state index < -0.39 is 15.8 Å². The van der Waals surface area contributed by atoms with Crippen LogP contribution in [0, 0.1) is 5.82 Å². The van der Waals surface area contributed by atoms with E-state index in [2.05, 4.69) is 11.9 Å². The van der Waals surface area contributed by atoms with Crippen LogP contribution in [0.3, 0.4) is 0 Å². The molecule has 0 radical (unpaired) electrons. The highest BCUT2D eigenvalue weighted by atomic mass is 32.2. The second-order valence-corrected chi connectivity index (χ2v) is 7.06. The molecule has 1 saturated carbocycles. The number of benzene rings is 1. The zero-order valence-corrected chi connectivity index (χ0v) is 13.0. The highest BCUT2D eigenvalue weighted by Gasteiger charge is 2.27. The second kappa shape index (κ2) is 6.68. The molecule has 1 aromatic carbocycles. The van der Waals surface area contributed by atoms with E-state index in [-0.39, 0.29) is 11.4 Å². The zero-order chi connectivity index (χ0) is 15.5. The normalized spacial score (nSPS) is 15.4. The predicted molar refractivity (Wildman–Crippen MR) is 80.9 cm³/mol. The molecule has 1 N–H and O–H groups in total. The van der Waals surface area contributed by atoms with Gasteiger partial charge in [0, 0.05) is 25.7 Å². The second-order valence-electron chi connectivity index (χ2n) is 5.15. The van der Waals surface area contributed by atoms with Crippen LogP contribution in [0.25, 0.3) is 0 Å². The Hall–Kier alpha value is -1.24. The van der Waals surface area contributed by atoms with E-state index in [0.29, 0.717) is 24.7 Å². The molecule has 0 bridgehead atoms. The van der Waals surface area contributed by atoms with Crippen LogP contribution in [0.15, 0.2) is 35.7 Å². The average Bonchev–Trinajstić information content (AvgIpc) is 3.27. The molecular formula is C15H21FN2O2S. The van der Waals surface area contributed by atoms with Gasteiger partial charge in [-0.2, -0.15) is 4.31 Å². The highest BCUT2D eigenvalue weighted by Crippen LogP contribution is 2.24. The van der Waals surface area contributed by atoms with E-state index in [1.54, 1.807) is 13.0 Å². The van der Waals surface area contributed by atoms with Crippen molar-refractivity contribution in [1.29, 1.82) is 0 Å². The maximum atomic E-state index is 13.5. The summed E-state index contributed by atoms with van der Waals surface area (Å²) in [5.74, 6) is -0.543. The SMILES string of the molecule is C=CCN(CC)S(=O)(=O)c1cc(F)ccc1CNC1CC1. The van der Waals surface area contributed by atoms with Crippen LogP contribution in [-0.2, 0) is 16.6 Å². The average molecular weight is 312 g/mol. The predicted octanol–water partition coefficient (Wildman–Crippen LogP) is 2.27. The Morgan fingerprint density at radius 2 is 2.19 bits per heavy atom. The van der Waals surface area contributed by atoms with Crippen LogP contribution >= 0.6 is 0 Å². The zero-order valence-electron chi connectivity index (χ0n) is 12.2. The molecule has 6 heteroatoms. The maximum Gasteiger partial charge on any atom is 0.243 e. The van der Waals surface area contributed by atoms with E-state index in [1.807, 2.05) is 0 Å². The lowest BCUT2D eigenvalue weighted by Crippen LogP contribution is -2.32. The summed E-state index contributed by atoms with van der Waals surface area (Å²) in [6, 6.07) is 4.40. The summed E-state index contributed by atoms with van der Waals surface area (Å²) in [5, 5.41) is 3.27. The minimum Gasteiger partial charge on any atom is -0.310 e. The number of nitrogens with one attached hydrogen (secondary N) is 1. The molecule has 0 atom stereocenters. The first-order chi connectivity index (χ1) is 9.98. The van der Waals surface area contributed by atoms with Gasteiger partial charge in [0.15, 0.2) is 0 Å². The number of hydrogen-bond donors (Lipinski definition) is 1. The van der Waals surface area contributed by atoms with Crippen molar-refractivity contribution in [3.8, 4) is 0 Å². The highest BCUT2D eigenvalue weighted by molar-refractivity contribution is 7.89. The fraction of sp³-hybridized carbons (Fsp3) is 0.467. The van der Waals surface area contributed by atoms with Crippen LogP contribution < -0.4 is 5.32 Å². The number of likely N-dealkylation sites (N-methyl/N-ethyl adjacent to an activating group) is 1. The fourth-order valence-corrected chi connectivity index (χ4v) is 3.79. The summed E-state index contributed by atoms with van der Waals surface area (Å²) in [4.78, 5) is 0.0411. The lowest BCUT2D eigenvalue weighted by Gasteiger charge is -2.21. The molecule has 1 fully saturated rings. The molecule has 116 valence electrons. The van der Waals surface area contributed by atoms with Crippen molar-refractivity contribution in [1.82, 2.24) is 9.62 Å². The van der Waals surface area contributed by atoms with Crippen molar-refractivity contribution in [2.45, 2.75) is 37.2 Å². The monoisotopic (exact) mass is 312 g/mol. The summed E-state index contributed by atoms with van der Waals surface area (Å²) in [6.07, 6.45) is 3.75. The summed E-state index contributed by atoms with van der Waals surface area (Å²) in [6.45, 7) is 6.29. The Bertz CT molecular complexity index is 612. The van der Waals surface area contributed by atoms with Gasteiger partial charge in [-0.25, -0.2) is 12.8 Å². The van der Waals surface area contributed by atoms with Gasteiger partial charge in [0.2, 0.25) is 10.0 Å². The van der Waals surface area contributed by atoms with E-state index >= 15 is 0 Å². The molecule has 1 aliphatic rings. The molecule has 0 spiro atoms. The summed E-state index contributed by atoms with van der Waals surface area (Å²) >= 11 is 0. The molecule has 2 rings (SSSR count). The lowest BCUT2D eigenvalue weighted by molar-refractivity contribution is 0.457. The Balaban J connectivity index is 2.34. The standard InChI is InChI=1S/C15H21FN2O2S/c1-3-9-18(4-2)21(19,20)15-10-13(16)6-5-12(15)11-17-14-7-8-14/h3,5-6,10,14,17H,1,4,7-9,11H2,2H3. The van der Waals surface area contributed by atoms with Crippen molar-refractivity contribution in [2.75, 3.05) is 13.1 Å². The fourth-order valence-electron chi connectivity index (χ4n) is 2.14. The van der Waals surface area contributed by atoms with Gasteiger partial charge >= 0.3 is 0 Å². The van der Waals surface area contributed by atoms with Gasteiger partial charge in [-0.1, -0.05) is 19.1 Å². The molecule has 0 aliphatic heterocycles. The Morgan fingerprint density at radius 3 is 2.76 bits per heavy atom. The number of halogens is 1. The van der Waals surface area contributed by atoms with Gasteiger partial charge in [-0.15, -0.1) is 6.58 Å². The quantitative estimate of drug-likeness (QED) is 0.749. The molecule has 4 nitrogen and oxygen atoms in total. The molecule has 0 heterocycles. The molecule has 0 unspecified atom stereocenters. The first-order valence-corrected chi connectivity index (χ1v) is 8.56. The first-order valence-electron chi connectivity index (χ1n) is 7.12. The molecule has 0 amide bonds. The molecule has 0 saturated heterocycles. The summed E-state index contributed by atoms with van der Waals surface area (Å²) < 4.78 is 40.1. The first kappa shape index (κ1) is 16.1. The van der Waals surface area contributed by atoms with E-state index in [1.165, 1.54) is 16.4 Å². The van der Waals surface area contributed by atoms with Crippen molar-refractivity contribution in [2.24, 2.45) is 0 Å². The van der Waals surface area contributed by atoms with Gasteiger partial charge in [0.05, 0.1) is 4.90 Å². The minimum atomic E-state index is -3.71. The van der Waals surface area contributed by atoms with Gasteiger partial charge in [0.25, 0.3) is 0 Å². The van der Waals surface area contributed by atoms with Crippen molar-refractivity contribution in [3.05, 3.63) is 42.2 Å². The third-order valence-electron chi connectivity index (χ3n) is 3.49. The third kappa shape index (κ3) is 3.90. The molecule has 0 aromatic heterocycles. The van der Waals surface area contributed by atoms with Crippen molar-refractivity contribution < 1.29 is 12.8 Å². The van der Waals surface area contributed by atoms with Gasteiger partial charge in [0.1, 0.15) is 5.82 Å². The molecular weight excluding hydrogens is 291 g/mol. The van der Waals surface area contributed by atoms with Crippen LogP contribution in [0.5, 0.6) is 0 Å². The Kier molecular flexibility index (Phi) is 5.13. The van der Waals surface area contributed by atoms with Crippen LogP contribution in [-0.4, -0.2) is 31.9 Å². The summed E-state index contributed by atoms with van der Waals surface area (Å²) in [5.41, 5.74) is 0.603. The molecule has 1 aliphatic carbocycles. The minimum absolute atomic E-state index is 0.0411. The van der Waals surface area contributed by atoms with Gasteiger partial charge in [-0.3, -0.25) is 0 Å². The number of rotatable bonds is 8. The topological polar surface area (TPSA) is 49.4 Å². The smallest absolute Gasteiger partial charge is 0.243 e. The maximum absolute atomic E-state index is 13.5. The van der Waals surface area contributed by atoms with Gasteiger partial charge in [-0.05, 0) is 30.5 Å². The largest absolute Gasteiger partial charge is 0.310 e. The molecule has 21 heavy (non-hydrogen) atoms. The number of hydrogen-bond acceptors (Lipinski definition) is 3. The Morgan fingerprint density at radius 1 is 1.48 bits per heavy atom. The van der Waals surface area contributed by atoms with Crippen LogP contribution in [0.1, 0.15) is 25.3 Å². The van der Waals surface area contributed by atoms with Crippen molar-refractivity contribution >= 4 is 10.0 Å². The lowest BCUT2D eigenvalue weighted by atomic mass is 10.2. The third-order valence-corrected chi connectivity index (χ3v) is 5.51. The van der Waals surface area contributed by atoms with E-state index in [9.17, 15) is 12.8 Å². The van der Waals surface area contributed by atoms with Crippen molar-refractivity contribution in [3.63, 3.8) is 0 Å². The van der Waals surface area contributed by atoms with E-state index in [0.717, 1.165) is 18.9 Å². The van der Waals surface area contributed by atoms with Crippen LogP contribution in [0.4, 0.5) is 4.39 Å². The summed E-state index contributed by atoms with van der Waals surface area (Å²) in [7, 11) is -3.71. The number of sulfonamides is 1. The Labute approximate surface area is 125 Å². The molecule has 1 aromatic rings. The van der Waals surface area contributed by atoms with E-state index in [4.69, 9.17) is 0 Å². The van der Waals surface area contributed by atoms with Crippen LogP contribution in [0.2, 0.25) is 0 Å².